The van der Waals surface area contributed by atoms with E-state index in [2.05, 4.69) is 0 Å². The summed E-state index contributed by atoms with van der Waals surface area (Å²) in [7, 11) is 0. The highest BCUT2D eigenvalue weighted by Crippen LogP contribution is 2.57. The molecule has 1 saturated carbocycles. The third-order valence-electron chi connectivity index (χ3n) is 4.50. The summed E-state index contributed by atoms with van der Waals surface area (Å²) in [5, 5.41) is 9.82. The topological polar surface area (TPSA) is 37.3 Å². The molecule has 18 heavy (non-hydrogen) atoms. The average Bonchev–Trinajstić information content (AvgIpc) is 2.29. The molecular weight excluding hydrogens is 238 g/mol. The summed E-state index contributed by atoms with van der Waals surface area (Å²) in [4.78, 5) is 11.4. The van der Waals surface area contributed by atoms with Gasteiger partial charge in [0.2, 0.25) is 0 Å². The summed E-state index contributed by atoms with van der Waals surface area (Å²) in [5.41, 5.74) is -3.07. The van der Waals surface area contributed by atoms with E-state index in [0.29, 0.717) is 0 Å². The zero-order valence-corrected chi connectivity index (χ0v) is 10.8. The number of carbonyl (C=O) groups is 1. The minimum absolute atomic E-state index is 0.00998. The van der Waals surface area contributed by atoms with E-state index >= 15 is 4.39 Å². The van der Waals surface area contributed by atoms with Crippen LogP contribution in [0.25, 0.3) is 0 Å². The van der Waals surface area contributed by atoms with E-state index in [9.17, 15) is 14.3 Å². The van der Waals surface area contributed by atoms with Crippen molar-refractivity contribution in [3.05, 3.63) is 23.8 Å². The van der Waals surface area contributed by atoms with Gasteiger partial charge in [0.25, 0.3) is 0 Å². The Balaban J connectivity index is 2.60. The first-order valence-corrected chi connectivity index (χ1v) is 6.19. The summed E-state index contributed by atoms with van der Waals surface area (Å²) in [5.74, 6) is -0.944. The van der Waals surface area contributed by atoms with E-state index in [-0.39, 0.29) is 17.8 Å². The standard InChI is InChI=1S/C14H18F2O2/c1-8-6-12(15)11-7-10(18)4-5-13(11,3)14(8,16)9(2)17/h4-5,7-9,12,17H,6H2,1-3H3. The molecule has 0 aromatic heterocycles. The van der Waals surface area contributed by atoms with Gasteiger partial charge >= 0.3 is 0 Å². The molecule has 1 fully saturated rings. The van der Waals surface area contributed by atoms with Crippen molar-refractivity contribution in [1.82, 2.24) is 0 Å². The number of aliphatic hydroxyl groups excluding tert-OH is 1. The molecule has 5 atom stereocenters. The Hall–Kier alpha value is -1.03. The van der Waals surface area contributed by atoms with Crippen molar-refractivity contribution in [2.45, 2.75) is 45.1 Å². The molecule has 0 heterocycles. The average molecular weight is 256 g/mol. The van der Waals surface area contributed by atoms with E-state index in [4.69, 9.17) is 0 Å². The van der Waals surface area contributed by atoms with E-state index in [1.807, 2.05) is 0 Å². The fourth-order valence-corrected chi connectivity index (χ4v) is 3.43. The first-order valence-electron chi connectivity index (χ1n) is 6.19. The quantitative estimate of drug-likeness (QED) is 0.782. The number of halogens is 2. The van der Waals surface area contributed by atoms with Gasteiger partial charge in [0.05, 0.1) is 6.10 Å². The molecule has 5 unspecified atom stereocenters. The molecule has 0 radical (unpaired) electrons. The number of alkyl halides is 2. The van der Waals surface area contributed by atoms with E-state index in [1.54, 1.807) is 13.8 Å². The van der Waals surface area contributed by atoms with Crippen molar-refractivity contribution >= 4 is 5.78 Å². The Kier molecular flexibility index (Phi) is 2.97. The molecule has 1 N–H and O–H groups in total. The zero-order chi connectivity index (χ0) is 13.7. The first-order chi connectivity index (χ1) is 8.23. The summed E-state index contributed by atoms with van der Waals surface area (Å²) >= 11 is 0. The minimum Gasteiger partial charge on any atom is -0.390 e. The van der Waals surface area contributed by atoms with Crippen LogP contribution in [0, 0.1) is 11.3 Å². The third kappa shape index (κ3) is 1.51. The maximum atomic E-state index is 15.3. The number of aliphatic hydroxyl groups is 1. The van der Waals surface area contributed by atoms with Gasteiger partial charge in [-0.3, -0.25) is 4.79 Å². The van der Waals surface area contributed by atoms with Gasteiger partial charge in [-0.15, -0.1) is 0 Å². The largest absolute Gasteiger partial charge is 0.390 e. The van der Waals surface area contributed by atoms with Crippen LogP contribution < -0.4 is 0 Å². The van der Waals surface area contributed by atoms with Crippen molar-refractivity contribution in [3.8, 4) is 0 Å². The van der Waals surface area contributed by atoms with Crippen molar-refractivity contribution < 1.29 is 18.7 Å². The van der Waals surface area contributed by atoms with E-state index in [1.165, 1.54) is 25.2 Å². The highest BCUT2D eigenvalue weighted by molar-refractivity contribution is 6.01. The van der Waals surface area contributed by atoms with Gasteiger partial charge < -0.3 is 5.11 Å². The number of fused-ring (bicyclic) bond motifs is 1. The lowest BCUT2D eigenvalue weighted by Gasteiger charge is -2.53. The van der Waals surface area contributed by atoms with E-state index in [0.717, 1.165) is 0 Å². The molecule has 0 bridgehead atoms. The van der Waals surface area contributed by atoms with Crippen molar-refractivity contribution in [2.24, 2.45) is 11.3 Å². The maximum Gasteiger partial charge on any atom is 0.178 e. The second-order valence-electron chi connectivity index (χ2n) is 5.59. The number of hydrogen-bond acceptors (Lipinski definition) is 2. The van der Waals surface area contributed by atoms with Crippen LogP contribution in [0.15, 0.2) is 23.8 Å². The Labute approximate surface area is 105 Å². The fraction of sp³-hybridized carbons (Fsp3) is 0.643. The highest BCUT2D eigenvalue weighted by atomic mass is 19.1. The van der Waals surface area contributed by atoms with Crippen molar-refractivity contribution in [2.75, 3.05) is 0 Å². The van der Waals surface area contributed by atoms with Gasteiger partial charge in [-0.1, -0.05) is 13.0 Å². The van der Waals surface area contributed by atoms with Crippen molar-refractivity contribution in [1.29, 1.82) is 0 Å². The lowest BCUT2D eigenvalue weighted by atomic mass is 9.55. The first kappa shape index (κ1) is 13.4. The van der Waals surface area contributed by atoms with Crippen molar-refractivity contribution in [3.63, 3.8) is 0 Å². The van der Waals surface area contributed by atoms with Crippen LogP contribution in [0.5, 0.6) is 0 Å². The lowest BCUT2D eigenvalue weighted by Crippen LogP contribution is -2.60. The number of hydrogen-bond donors (Lipinski definition) is 1. The Morgan fingerprint density at radius 2 is 2.17 bits per heavy atom. The Bertz CT molecular complexity index is 441. The van der Waals surface area contributed by atoms with Crippen LogP contribution in [-0.2, 0) is 4.79 Å². The zero-order valence-electron chi connectivity index (χ0n) is 10.8. The molecule has 0 aromatic carbocycles. The van der Waals surface area contributed by atoms with Crippen LogP contribution in [-0.4, -0.2) is 28.8 Å². The predicted molar refractivity (Wildman–Crippen MR) is 64.5 cm³/mol. The minimum atomic E-state index is -1.96. The molecule has 100 valence electrons. The highest BCUT2D eigenvalue weighted by Gasteiger charge is 2.61. The molecule has 4 heteroatoms. The lowest BCUT2D eigenvalue weighted by molar-refractivity contribution is -0.120. The van der Waals surface area contributed by atoms with Gasteiger partial charge in [-0.05, 0) is 43.9 Å². The van der Waals surface area contributed by atoms with Gasteiger partial charge in [0, 0.05) is 5.41 Å². The maximum absolute atomic E-state index is 15.3. The van der Waals surface area contributed by atoms with Gasteiger partial charge in [-0.2, -0.15) is 0 Å². The summed E-state index contributed by atoms with van der Waals surface area (Å²) in [6.45, 7) is 4.53. The smallest absolute Gasteiger partial charge is 0.178 e. The molecule has 0 aromatic rings. The van der Waals surface area contributed by atoms with Crippen LogP contribution in [0.4, 0.5) is 8.78 Å². The van der Waals surface area contributed by atoms with Gasteiger partial charge in [-0.25, -0.2) is 8.78 Å². The molecular formula is C14H18F2O2. The van der Waals surface area contributed by atoms with Gasteiger partial charge in [0.15, 0.2) is 11.5 Å². The van der Waals surface area contributed by atoms with Crippen LogP contribution in [0.1, 0.15) is 27.2 Å². The number of carbonyl (C=O) groups excluding carboxylic acids is 1. The second-order valence-corrected chi connectivity index (χ2v) is 5.59. The fourth-order valence-electron chi connectivity index (χ4n) is 3.43. The molecule has 2 aliphatic rings. The molecule has 0 saturated heterocycles. The molecule has 0 amide bonds. The second kappa shape index (κ2) is 3.98. The summed E-state index contributed by atoms with van der Waals surface area (Å²) in [6.07, 6.45) is 1.26. The molecule has 0 aliphatic heterocycles. The number of allylic oxidation sites excluding steroid dienone is 4. The third-order valence-corrected chi connectivity index (χ3v) is 4.50. The predicted octanol–water partition coefficient (Wildman–Crippen LogP) is 2.53. The van der Waals surface area contributed by atoms with Gasteiger partial charge in [0.1, 0.15) is 6.17 Å². The number of ketones is 1. The molecule has 2 rings (SSSR count). The monoisotopic (exact) mass is 256 g/mol. The van der Waals surface area contributed by atoms with E-state index < -0.39 is 29.3 Å². The normalized spacial score (nSPS) is 45.4. The molecule has 2 nitrogen and oxygen atoms in total. The van der Waals surface area contributed by atoms with Crippen LogP contribution >= 0.6 is 0 Å². The molecule has 0 spiro atoms. The number of rotatable bonds is 1. The van der Waals surface area contributed by atoms with Crippen LogP contribution in [0.3, 0.4) is 0 Å². The van der Waals surface area contributed by atoms with Crippen LogP contribution in [0.2, 0.25) is 0 Å². The Morgan fingerprint density at radius 1 is 1.56 bits per heavy atom. The summed E-state index contributed by atoms with van der Waals surface area (Å²) < 4.78 is 29.4. The SMILES string of the molecule is CC(O)C1(F)C(C)CC(F)C2=CC(=O)C=CC21C. The summed E-state index contributed by atoms with van der Waals surface area (Å²) in [6, 6.07) is 0. The Morgan fingerprint density at radius 3 is 2.72 bits per heavy atom. The molecule has 2 aliphatic carbocycles.